The molecular weight excluding hydrogens is 412 g/mol. The van der Waals surface area contributed by atoms with Crippen LogP contribution in [-0.4, -0.2) is 27.2 Å². The number of hydrogen-bond acceptors (Lipinski definition) is 4. The maximum atomic E-state index is 13.5. The zero-order chi connectivity index (χ0) is 23.5. The summed E-state index contributed by atoms with van der Waals surface area (Å²) in [5, 5.41) is 11.2. The number of aryl methyl sites for hydroxylation is 2. The molecule has 3 aromatic rings. The van der Waals surface area contributed by atoms with Gasteiger partial charge in [-0.2, -0.15) is 5.10 Å². The summed E-state index contributed by atoms with van der Waals surface area (Å²) < 4.78 is 7.88. The molecule has 0 amide bonds. The number of rotatable bonds is 4. The van der Waals surface area contributed by atoms with Crippen LogP contribution in [0.2, 0.25) is 0 Å². The number of aromatic amines is 1. The smallest absolute Gasteiger partial charge is 0.162 e. The lowest BCUT2D eigenvalue weighted by atomic mass is 9.69. The average Bonchev–Trinajstić information content (AvgIpc) is 3.25. The third-order valence-electron chi connectivity index (χ3n) is 6.95. The van der Waals surface area contributed by atoms with Crippen molar-refractivity contribution in [1.29, 1.82) is 0 Å². The highest BCUT2D eigenvalue weighted by atomic mass is 16.5. The minimum atomic E-state index is -0.124. The van der Waals surface area contributed by atoms with Crippen LogP contribution in [0, 0.1) is 26.2 Å². The molecular formula is C27H32N4O2. The van der Waals surface area contributed by atoms with Gasteiger partial charge in [-0.25, -0.2) is 0 Å². The van der Waals surface area contributed by atoms with Gasteiger partial charge < -0.3 is 14.6 Å². The van der Waals surface area contributed by atoms with E-state index in [0.29, 0.717) is 13.0 Å². The molecule has 5 rings (SSSR count). The second kappa shape index (κ2) is 7.65. The fraction of sp³-hybridized carbons (Fsp3) is 0.407. The van der Waals surface area contributed by atoms with Gasteiger partial charge in [0.15, 0.2) is 11.6 Å². The monoisotopic (exact) mass is 444 g/mol. The first-order valence-corrected chi connectivity index (χ1v) is 11.7. The number of carbonyl (C=O) groups is 1. The minimum absolute atomic E-state index is 0.0600. The van der Waals surface area contributed by atoms with E-state index in [1.165, 1.54) is 0 Å². The second-order valence-electron chi connectivity index (χ2n) is 10.1. The first-order chi connectivity index (χ1) is 15.7. The van der Waals surface area contributed by atoms with Crippen LogP contribution in [-0.2, 0) is 4.79 Å². The molecule has 6 heteroatoms. The van der Waals surface area contributed by atoms with E-state index in [1.54, 1.807) is 0 Å². The highest BCUT2D eigenvalue weighted by Gasteiger charge is 2.43. The number of carbonyl (C=O) groups excluding carboxylic acids is 1. The highest BCUT2D eigenvalue weighted by Crippen LogP contribution is 2.50. The van der Waals surface area contributed by atoms with Gasteiger partial charge in [0.2, 0.25) is 0 Å². The summed E-state index contributed by atoms with van der Waals surface area (Å²) in [6.07, 6.45) is 1.40. The summed E-state index contributed by atoms with van der Waals surface area (Å²) >= 11 is 0. The fourth-order valence-electron chi connectivity index (χ4n) is 5.60. The lowest BCUT2D eigenvalue weighted by Crippen LogP contribution is -2.34. The van der Waals surface area contributed by atoms with Crippen LogP contribution in [0.25, 0.3) is 5.69 Å². The maximum Gasteiger partial charge on any atom is 0.162 e. The number of Topliss-reactive ketones (excluding diaryl/α,β-unsaturated/α-hetero) is 1. The average molecular weight is 445 g/mol. The summed E-state index contributed by atoms with van der Waals surface area (Å²) in [5.41, 5.74) is 8.46. The normalized spacial score (nSPS) is 19.2. The summed E-state index contributed by atoms with van der Waals surface area (Å²) in [5.74, 6) is 1.82. The maximum absolute atomic E-state index is 13.5. The number of fused-ring (bicyclic) bond motifs is 1. The molecule has 33 heavy (non-hydrogen) atoms. The molecule has 0 unspecified atom stereocenters. The lowest BCUT2D eigenvalue weighted by Gasteiger charge is -2.38. The van der Waals surface area contributed by atoms with Crippen LogP contribution in [0.1, 0.15) is 67.7 Å². The molecule has 0 bridgehead atoms. The van der Waals surface area contributed by atoms with Crippen molar-refractivity contribution >= 4 is 11.6 Å². The molecule has 1 aliphatic carbocycles. The van der Waals surface area contributed by atoms with Crippen molar-refractivity contribution in [3.63, 3.8) is 0 Å². The summed E-state index contributed by atoms with van der Waals surface area (Å²) in [4.78, 5) is 13.5. The number of H-pyrrole nitrogens is 1. The number of nitrogens with one attached hydrogen (secondary N) is 2. The minimum Gasteiger partial charge on any atom is -0.494 e. The predicted molar refractivity (Wildman–Crippen MR) is 130 cm³/mol. The van der Waals surface area contributed by atoms with E-state index in [1.807, 2.05) is 26.0 Å². The van der Waals surface area contributed by atoms with E-state index < -0.39 is 0 Å². The van der Waals surface area contributed by atoms with Crippen molar-refractivity contribution in [2.45, 2.75) is 60.3 Å². The SMILES string of the molecule is CCOc1ccc(-n2c(C)cc([C@@H]3C4=C(CC(C)(C)CC4=O)Nc4n[nH]c(C)c43)c2C)cc1. The number of benzene rings is 1. The van der Waals surface area contributed by atoms with Gasteiger partial charge in [0.1, 0.15) is 5.75 Å². The standard InChI is InChI=1S/C27H32N4O2/c1-7-33-19-10-8-18(9-11-19)31-15(2)12-20(17(31)4)24-23-16(3)29-30-26(23)28-21-13-27(5,6)14-22(32)25(21)24/h8-12,24H,7,13-14H2,1-6H3,(H2,28,29,30)/t24-/m0/s1. The van der Waals surface area contributed by atoms with Gasteiger partial charge in [-0.05, 0) is 75.4 Å². The van der Waals surface area contributed by atoms with Gasteiger partial charge in [0.25, 0.3) is 0 Å². The summed E-state index contributed by atoms with van der Waals surface area (Å²) in [6, 6.07) is 10.4. The molecule has 0 radical (unpaired) electrons. The second-order valence-corrected chi connectivity index (χ2v) is 10.1. The Morgan fingerprint density at radius 2 is 1.88 bits per heavy atom. The highest BCUT2D eigenvalue weighted by molar-refractivity contribution is 6.01. The molecule has 6 nitrogen and oxygen atoms in total. The summed E-state index contributed by atoms with van der Waals surface area (Å²) in [7, 11) is 0. The lowest BCUT2D eigenvalue weighted by molar-refractivity contribution is -0.118. The Bertz CT molecular complexity index is 1270. The fourth-order valence-corrected chi connectivity index (χ4v) is 5.60. The molecule has 2 aliphatic rings. The van der Waals surface area contributed by atoms with E-state index in [0.717, 1.165) is 63.2 Å². The van der Waals surface area contributed by atoms with E-state index in [4.69, 9.17) is 4.74 Å². The molecule has 3 heterocycles. The Kier molecular flexibility index (Phi) is 5.00. The molecule has 2 aromatic heterocycles. The number of ketones is 1. The van der Waals surface area contributed by atoms with Crippen molar-refractivity contribution in [2.24, 2.45) is 5.41 Å². The molecule has 0 spiro atoms. The Morgan fingerprint density at radius 1 is 1.15 bits per heavy atom. The number of nitrogens with zero attached hydrogens (tertiary/aromatic N) is 2. The van der Waals surface area contributed by atoms with Crippen molar-refractivity contribution in [3.8, 4) is 11.4 Å². The molecule has 1 aromatic carbocycles. The van der Waals surface area contributed by atoms with E-state index in [-0.39, 0.29) is 17.1 Å². The van der Waals surface area contributed by atoms with Gasteiger partial charge in [-0.1, -0.05) is 13.8 Å². The van der Waals surface area contributed by atoms with Crippen molar-refractivity contribution in [1.82, 2.24) is 14.8 Å². The van der Waals surface area contributed by atoms with Crippen molar-refractivity contribution < 1.29 is 9.53 Å². The van der Waals surface area contributed by atoms with Crippen LogP contribution in [0.4, 0.5) is 5.82 Å². The van der Waals surface area contributed by atoms with Crippen LogP contribution in [0.15, 0.2) is 41.6 Å². The third kappa shape index (κ3) is 3.48. The molecule has 2 N–H and O–H groups in total. The van der Waals surface area contributed by atoms with Crippen LogP contribution < -0.4 is 10.1 Å². The molecule has 1 atom stereocenters. The Hall–Kier alpha value is -3.28. The van der Waals surface area contributed by atoms with Crippen molar-refractivity contribution in [3.05, 3.63) is 69.8 Å². The quantitative estimate of drug-likeness (QED) is 0.539. The number of anilines is 1. The molecule has 0 saturated carbocycles. The van der Waals surface area contributed by atoms with E-state index in [9.17, 15) is 4.79 Å². The molecule has 1 aliphatic heterocycles. The third-order valence-corrected chi connectivity index (χ3v) is 6.95. The topological polar surface area (TPSA) is 71.9 Å². The largest absolute Gasteiger partial charge is 0.494 e. The molecule has 0 saturated heterocycles. The van der Waals surface area contributed by atoms with Gasteiger partial charge in [0, 0.05) is 51.9 Å². The molecule has 0 fully saturated rings. The number of ether oxygens (including phenoxy) is 1. The Morgan fingerprint density at radius 3 is 2.58 bits per heavy atom. The van der Waals surface area contributed by atoms with Gasteiger partial charge in [0.05, 0.1) is 6.61 Å². The summed E-state index contributed by atoms with van der Waals surface area (Å²) in [6.45, 7) is 13.3. The first kappa shape index (κ1) is 21.6. The van der Waals surface area contributed by atoms with Crippen molar-refractivity contribution in [2.75, 3.05) is 11.9 Å². The zero-order valence-corrected chi connectivity index (χ0v) is 20.3. The first-order valence-electron chi connectivity index (χ1n) is 11.7. The van der Waals surface area contributed by atoms with Crippen LogP contribution in [0.3, 0.4) is 0 Å². The van der Waals surface area contributed by atoms with E-state index >= 15 is 0 Å². The van der Waals surface area contributed by atoms with E-state index in [2.05, 4.69) is 66.0 Å². The zero-order valence-electron chi connectivity index (χ0n) is 20.3. The molecule has 172 valence electrons. The number of allylic oxidation sites excluding steroid dienone is 2. The van der Waals surface area contributed by atoms with Crippen LogP contribution >= 0.6 is 0 Å². The number of aromatic nitrogens is 3. The Balaban J connectivity index is 1.66. The van der Waals surface area contributed by atoms with Gasteiger partial charge in [-0.3, -0.25) is 9.89 Å². The Labute approximate surface area is 195 Å². The van der Waals surface area contributed by atoms with Crippen LogP contribution in [0.5, 0.6) is 5.75 Å². The predicted octanol–water partition coefficient (Wildman–Crippen LogP) is 5.72. The van der Waals surface area contributed by atoms with Gasteiger partial charge in [-0.15, -0.1) is 0 Å². The van der Waals surface area contributed by atoms with Gasteiger partial charge >= 0.3 is 0 Å². The number of hydrogen-bond donors (Lipinski definition) is 2.